The van der Waals surface area contributed by atoms with Crippen LogP contribution in [0.1, 0.15) is 71.6 Å². The molecule has 0 fully saturated rings. The van der Waals surface area contributed by atoms with Crippen molar-refractivity contribution in [3.8, 4) is 0 Å². The van der Waals surface area contributed by atoms with Gasteiger partial charge in [0, 0.05) is 0 Å². The molecular weight excluding hydrogens is 390 g/mol. The minimum absolute atomic E-state index is 0. The molecule has 2 aliphatic carbocycles. The smallest absolute Gasteiger partial charge is 1.00 e. The van der Waals surface area contributed by atoms with E-state index in [1.807, 2.05) is 0 Å². The van der Waals surface area contributed by atoms with E-state index in [1.165, 1.54) is 57.8 Å². The van der Waals surface area contributed by atoms with E-state index < -0.39 is 0 Å². The summed E-state index contributed by atoms with van der Waals surface area (Å²) in [6.45, 7) is 4.57. The van der Waals surface area contributed by atoms with Gasteiger partial charge in [-0.2, -0.15) is 0 Å². The van der Waals surface area contributed by atoms with Crippen molar-refractivity contribution in [2.75, 3.05) is 0 Å². The van der Waals surface area contributed by atoms with Crippen molar-refractivity contribution in [2.24, 2.45) is 0 Å². The maximum Gasteiger partial charge on any atom is 2.00 e. The van der Waals surface area contributed by atoms with Gasteiger partial charge in [0.05, 0.1) is 0 Å². The summed E-state index contributed by atoms with van der Waals surface area (Å²) >= 11 is 0. The molecule has 0 unspecified atom stereocenters. The monoisotopic (exact) mass is 416 g/mol. The molecule has 0 bridgehead atoms. The van der Waals surface area contributed by atoms with Crippen LogP contribution in [0.15, 0.2) is 46.6 Å². The first kappa shape index (κ1) is 24.7. The average Bonchev–Trinajstić information content (AvgIpc) is 3.04. The Hall–Kier alpha value is 0.423. The van der Waals surface area contributed by atoms with Crippen molar-refractivity contribution in [3.05, 3.63) is 46.6 Å². The molecule has 0 amide bonds. The predicted octanol–water partition coefficient (Wildman–Crippen LogP) is 0.275. The van der Waals surface area contributed by atoms with Gasteiger partial charge in [-0.1, -0.05) is 62.1 Å². The van der Waals surface area contributed by atoms with Gasteiger partial charge in [0.15, 0.2) is 0 Å². The molecule has 122 valence electrons. The summed E-state index contributed by atoms with van der Waals surface area (Å²) in [5.41, 5.74) is 6.66. The third kappa shape index (κ3) is 7.33. The van der Waals surface area contributed by atoms with E-state index in [-0.39, 0.29) is 51.0 Å². The average molecular weight is 419 g/mol. The zero-order chi connectivity index (χ0) is 13.5. The van der Waals surface area contributed by atoms with E-state index in [9.17, 15) is 0 Å². The van der Waals surface area contributed by atoms with Crippen LogP contribution in [0.2, 0.25) is 0 Å². The van der Waals surface area contributed by atoms with Crippen LogP contribution in [-0.2, 0) is 26.2 Å². The summed E-state index contributed by atoms with van der Waals surface area (Å²) in [4.78, 5) is 0. The Morgan fingerprint density at radius 1 is 0.773 bits per heavy atom. The first-order chi connectivity index (χ1) is 9.35. The van der Waals surface area contributed by atoms with Crippen LogP contribution < -0.4 is 24.8 Å². The van der Waals surface area contributed by atoms with Gasteiger partial charge in [0.25, 0.3) is 0 Å². The number of hydrogen-bond donors (Lipinski definition) is 0. The third-order valence-electron chi connectivity index (χ3n) is 4.30. The fourth-order valence-corrected chi connectivity index (χ4v) is 3.07. The van der Waals surface area contributed by atoms with E-state index in [2.05, 4.69) is 38.2 Å². The molecule has 0 atom stereocenters. The summed E-state index contributed by atoms with van der Waals surface area (Å²) in [7, 11) is 0. The molecule has 0 aromatic heterocycles. The van der Waals surface area contributed by atoms with Crippen molar-refractivity contribution in [1.29, 1.82) is 0 Å². The van der Waals surface area contributed by atoms with Crippen LogP contribution >= 0.6 is 0 Å². The standard InChI is InChI=1S/C19H28.2ClH.Zr/c1-3-5-9-16-11-7-13-18(16)15-19-14-8-12-17(19)10-6-4-2;;;/h7-8,11-12H,3-6,9-10,13-15H2,1-2H3;2*1H;/q;;;+2/p-2. The molecular formula is C19H28Cl2Zr. The zero-order valence-electron chi connectivity index (χ0n) is 13.9. The largest absolute Gasteiger partial charge is 2.00 e. The van der Waals surface area contributed by atoms with Gasteiger partial charge in [-0.15, -0.1) is 0 Å². The Morgan fingerprint density at radius 2 is 1.18 bits per heavy atom. The fraction of sp³-hybridized carbons (Fsp3) is 0.579. The fourth-order valence-electron chi connectivity index (χ4n) is 3.07. The van der Waals surface area contributed by atoms with Crippen molar-refractivity contribution >= 4 is 0 Å². The van der Waals surface area contributed by atoms with Crippen LogP contribution in [0.25, 0.3) is 0 Å². The number of allylic oxidation sites excluding steroid dienone is 8. The molecule has 2 rings (SSSR count). The molecule has 22 heavy (non-hydrogen) atoms. The van der Waals surface area contributed by atoms with Gasteiger partial charge in [-0.25, -0.2) is 0 Å². The Labute approximate surface area is 168 Å². The van der Waals surface area contributed by atoms with E-state index in [0.29, 0.717) is 0 Å². The van der Waals surface area contributed by atoms with Gasteiger partial charge in [-0.3, -0.25) is 0 Å². The van der Waals surface area contributed by atoms with E-state index in [0.717, 1.165) is 0 Å². The van der Waals surface area contributed by atoms with E-state index in [1.54, 1.807) is 22.3 Å². The molecule has 0 spiro atoms. The summed E-state index contributed by atoms with van der Waals surface area (Å²) in [5.74, 6) is 0. The summed E-state index contributed by atoms with van der Waals surface area (Å²) in [6.07, 6.45) is 20.9. The summed E-state index contributed by atoms with van der Waals surface area (Å²) < 4.78 is 0. The van der Waals surface area contributed by atoms with Crippen LogP contribution in [0, 0.1) is 0 Å². The Morgan fingerprint density at radius 3 is 1.55 bits per heavy atom. The van der Waals surface area contributed by atoms with Gasteiger partial charge >= 0.3 is 26.2 Å². The number of unbranched alkanes of at least 4 members (excludes halogenated alkanes) is 2. The van der Waals surface area contributed by atoms with Crippen molar-refractivity contribution < 1.29 is 51.0 Å². The topological polar surface area (TPSA) is 0 Å². The molecule has 0 aromatic carbocycles. The second-order valence-corrected chi connectivity index (χ2v) is 5.85. The number of hydrogen-bond acceptors (Lipinski definition) is 0. The van der Waals surface area contributed by atoms with E-state index >= 15 is 0 Å². The second-order valence-electron chi connectivity index (χ2n) is 5.85. The van der Waals surface area contributed by atoms with E-state index in [4.69, 9.17) is 0 Å². The van der Waals surface area contributed by atoms with Crippen molar-refractivity contribution in [2.45, 2.75) is 71.6 Å². The van der Waals surface area contributed by atoms with Gasteiger partial charge < -0.3 is 24.8 Å². The van der Waals surface area contributed by atoms with Crippen LogP contribution in [0.5, 0.6) is 0 Å². The SMILES string of the molecule is CCCCC1=C(CC2=C(CCCC)C=CC2)CC=C1.[Cl-].[Cl-].[Zr+2]. The summed E-state index contributed by atoms with van der Waals surface area (Å²) in [6, 6.07) is 0. The molecule has 0 heterocycles. The van der Waals surface area contributed by atoms with Crippen LogP contribution in [-0.4, -0.2) is 0 Å². The zero-order valence-corrected chi connectivity index (χ0v) is 17.9. The van der Waals surface area contributed by atoms with Gasteiger partial charge in [-0.05, 0) is 56.1 Å². The van der Waals surface area contributed by atoms with Crippen LogP contribution in [0.3, 0.4) is 0 Å². The maximum absolute atomic E-state index is 2.37. The quantitative estimate of drug-likeness (QED) is 0.531. The Bertz CT molecular complexity index is 391. The minimum Gasteiger partial charge on any atom is -1.00 e. The van der Waals surface area contributed by atoms with Crippen LogP contribution in [0.4, 0.5) is 0 Å². The first-order valence-electron chi connectivity index (χ1n) is 8.10. The molecule has 0 saturated heterocycles. The third-order valence-corrected chi connectivity index (χ3v) is 4.30. The Kier molecular flexibility index (Phi) is 15.5. The second kappa shape index (κ2) is 13.8. The molecule has 0 aromatic rings. The molecule has 2 aliphatic rings. The van der Waals surface area contributed by atoms with Gasteiger partial charge in [0.2, 0.25) is 0 Å². The molecule has 0 nitrogen and oxygen atoms in total. The summed E-state index contributed by atoms with van der Waals surface area (Å²) in [5, 5.41) is 0. The molecule has 0 radical (unpaired) electrons. The Balaban J connectivity index is 0. The molecule has 0 aliphatic heterocycles. The van der Waals surface area contributed by atoms with Crippen molar-refractivity contribution in [1.82, 2.24) is 0 Å². The maximum atomic E-state index is 2.37. The van der Waals surface area contributed by atoms with Gasteiger partial charge in [0.1, 0.15) is 0 Å². The van der Waals surface area contributed by atoms with Crippen molar-refractivity contribution in [3.63, 3.8) is 0 Å². The molecule has 0 N–H and O–H groups in total. The minimum atomic E-state index is 0. The normalized spacial score (nSPS) is 15.7. The predicted molar refractivity (Wildman–Crippen MR) is 85.2 cm³/mol. The molecule has 0 saturated carbocycles. The number of halogens is 2. The first-order valence-corrected chi connectivity index (χ1v) is 8.10. The molecule has 3 heteroatoms. The number of rotatable bonds is 8.